The summed E-state index contributed by atoms with van der Waals surface area (Å²) in [4.78, 5) is 12.6. The first-order valence-electron chi connectivity index (χ1n) is 8.96. The van der Waals surface area contributed by atoms with Crippen molar-refractivity contribution in [1.82, 2.24) is 15.5 Å². The molecule has 2 N–H and O–H groups in total. The van der Waals surface area contributed by atoms with E-state index in [-0.39, 0.29) is 5.89 Å². The fraction of sp³-hybridized carbons (Fsp3) is 0.0455. The lowest BCUT2D eigenvalue weighted by Gasteiger charge is -2.16. The molecule has 0 bridgehead atoms. The lowest BCUT2D eigenvalue weighted by atomic mass is 10.1. The van der Waals surface area contributed by atoms with Gasteiger partial charge in [-0.1, -0.05) is 72.3 Å². The predicted molar refractivity (Wildman–Crippen MR) is 112 cm³/mol. The Balaban J connectivity index is 1.60. The van der Waals surface area contributed by atoms with Gasteiger partial charge in [-0.2, -0.15) is 0 Å². The maximum atomic E-state index is 12.6. The van der Waals surface area contributed by atoms with E-state index in [1.54, 1.807) is 24.3 Å². The number of benzene rings is 3. The quantitative estimate of drug-likeness (QED) is 0.473. The number of urea groups is 1. The zero-order valence-electron chi connectivity index (χ0n) is 15.2. The SMILES string of the molecule is O=C(Nc1ccccc1Cl)N[C@@H](c1ccccc1)c1nnc(-c2ccccc2)o1. The molecule has 0 spiro atoms. The van der Waals surface area contributed by atoms with Gasteiger partial charge in [-0.05, 0) is 29.8 Å². The number of carbonyl (C=O) groups is 1. The molecule has 4 rings (SSSR count). The van der Waals surface area contributed by atoms with Gasteiger partial charge in [-0.15, -0.1) is 10.2 Å². The second kappa shape index (κ2) is 8.58. The van der Waals surface area contributed by atoms with Crippen molar-refractivity contribution in [1.29, 1.82) is 0 Å². The van der Waals surface area contributed by atoms with Gasteiger partial charge in [0.25, 0.3) is 0 Å². The van der Waals surface area contributed by atoms with Crippen molar-refractivity contribution in [2.45, 2.75) is 6.04 Å². The molecule has 1 heterocycles. The van der Waals surface area contributed by atoms with E-state index in [1.165, 1.54) is 0 Å². The molecule has 0 fully saturated rings. The molecule has 144 valence electrons. The molecule has 29 heavy (non-hydrogen) atoms. The highest BCUT2D eigenvalue weighted by Gasteiger charge is 2.23. The number of para-hydroxylation sites is 1. The Morgan fingerprint density at radius 1 is 0.862 bits per heavy atom. The van der Waals surface area contributed by atoms with Crippen molar-refractivity contribution < 1.29 is 9.21 Å². The van der Waals surface area contributed by atoms with Crippen LogP contribution < -0.4 is 10.6 Å². The van der Waals surface area contributed by atoms with Gasteiger partial charge in [0.1, 0.15) is 6.04 Å². The Kier molecular flexibility index (Phi) is 5.54. The summed E-state index contributed by atoms with van der Waals surface area (Å²) in [6, 6.07) is 24.8. The topological polar surface area (TPSA) is 80.0 Å². The number of anilines is 1. The first kappa shape index (κ1) is 18.7. The minimum Gasteiger partial charge on any atom is -0.418 e. The third kappa shape index (κ3) is 4.44. The van der Waals surface area contributed by atoms with Gasteiger partial charge in [-0.25, -0.2) is 4.79 Å². The maximum absolute atomic E-state index is 12.6. The third-order valence-electron chi connectivity index (χ3n) is 4.24. The van der Waals surface area contributed by atoms with Gasteiger partial charge in [0.2, 0.25) is 11.8 Å². The van der Waals surface area contributed by atoms with Crippen molar-refractivity contribution in [2.24, 2.45) is 0 Å². The summed E-state index contributed by atoms with van der Waals surface area (Å²) in [7, 11) is 0. The van der Waals surface area contributed by atoms with Crippen LogP contribution in [0.25, 0.3) is 11.5 Å². The number of rotatable bonds is 5. The van der Waals surface area contributed by atoms with Crippen molar-refractivity contribution in [3.63, 3.8) is 0 Å². The third-order valence-corrected chi connectivity index (χ3v) is 4.57. The highest BCUT2D eigenvalue weighted by molar-refractivity contribution is 6.33. The number of nitrogens with zero attached hydrogens (tertiary/aromatic N) is 2. The molecule has 0 aliphatic rings. The van der Waals surface area contributed by atoms with Crippen molar-refractivity contribution in [2.75, 3.05) is 5.32 Å². The molecule has 0 unspecified atom stereocenters. The van der Waals surface area contributed by atoms with E-state index in [0.717, 1.165) is 11.1 Å². The number of amides is 2. The fourth-order valence-corrected chi connectivity index (χ4v) is 3.02. The van der Waals surface area contributed by atoms with Crippen molar-refractivity contribution >= 4 is 23.3 Å². The Morgan fingerprint density at radius 2 is 1.52 bits per heavy atom. The molecular formula is C22H17ClN4O2. The molecule has 0 aliphatic carbocycles. The lowest BCUT2D eigenvalue weighted by molar-refractivity contribution is 0.248. The summed E-state index contributed by atoms with van der Waals surface area (Å²) in [6.07, 6.45) is 0. The van der Waals surface area contributed by atoms with Crippen LogP contribution in [0.3, 0.4) is 0 Å². The second-order valence-corrected chi connectivity index (χ2v) is 6.64. The van der Waals surface area contributed by atoms with Crippen LogP contribution in [-0.2, 0) is 0 Å². The molecule has 4 aromatic rings. The van der Waals surface area contributed by atoms with Crippen molar-refractivity contribution in [3.05, 3.63) is 101 Å². The number of hydrogen-bond donors (Lipinski definition) is 2. The van der Waals surface area contributed by atoms with Crippen LogP contribution in [-0.4, -0.2) is 16.2 Å². The molecule has 1 aromatic heterocycles. The van der Waals surface area contributed by atoms with Gasteiger partial charge < -0.3 is 15.1 Å². The number of aromatic nitrogens is 2. The van der Waals surface area contributed by atoms with E-state index in [4.69, 9.17) is 16.0 Å². The zero-order valence-corrected chi connectivity index (χ0v) is 16.0. The van der Waals surface area contributed by atoms with Crippen LogP contribution in [0, 0.1) is 0 Å². The Hall–Kier alpha value is -3.64. The van der Waals surface area contributed by atoms with Crippen LogP contribution in [0.4, 0.5) is 10.5 Å². The average molecular weight is 405 g/mol. The number of hydrogen-bond acceptors (Lipinski definition) is 4. The maximum Gasteiger partial charge on any atom is 0.320 e. The molecule has 0 saturated heterocycles. The average Bonchev–Trinajstić information content (AvgIpc) is 3.25. The van der Waals surface area contributed by atoms with E-state index in [2.05, 4.69) is 20.8 Å². The molecule has 2 amide bonds. The normalized spacial score (nSPS) is 11.6. The summed E-state index contributed by atoms with van der Waals surface area (Å²) in [6.45, 7) is 0. The summed E-state index contributed by atoms with van der Waals surface area (Å²) in [5, 5.41) is 14.4. The number of nitrogens with one attached hydrogen (secondary N) is 2. The molecule has 3 aromatic carbocycles. The van der Waals surface area contributed by atoms with E-state index in [1.807, 2.05) is 60.7 Å². The zero-order chi connectivity index (χ0) is 20.1. The van der Waals surface area contributed by atoms with Gasteiger partial charge >= 0.3 is 6.03 Å². The Labute approximate surface area is 172 Å². The van der Waals surface area contributed by atoms with Crippen LogP contribution in [0.1, 0.15) is 17.5 Å². The molecule has 0 radical (unpaired) electrons. The van der Waals surface area contributed by atoms with Gasteiger partial charge in [0.15, 0.2) is 0 Å². The molecule has 0 saturated carbocycles. The predicted octanol–water partition coefficient (Wildman–Crippen LogP) is 5.30. The van der Waals surface area contributed by atoms with E-state index >= 15 is 0 Å². The summed E-state index contributed by atoms with van der Waals surface area (Å²) in [5.74, 6) is 0.666. The van der Waals surface area contributed by atoms with Gasteiger partial charge in [0, 0.05) is 5.56 Å². The fourth-order valence-electron chi connectivity index (χ4n) is 2.83. The molecule has 0 aliphatic heterocycles. The summed E-state index contributed by atoms with van der Waals surface area (Å²) < 4.78 is 5.87. The molecule has 7 heteroatoms. The second-order valence-electron chi connectivity index (χ2n) is 6.23. The number of halogens is 1. The minimum absolute atomic E-state index is 0.282. The summed E-state index contributed by atoms with van der Waals surface area (Å²) in [5.41, 5.74) is 2.12. The van der Waals surface area contributed by atoms with Crippen LogP contribution in [0.5, 0.6) is 0 Å². The van der Waals surface area contributed by atoms with Crippen LogP contribution in [0.15, 0.2) is 89.3 Å². The molecule has 1 atom stereocenters. The first-order valence-corrected chi connectivity index (χ1v) is 9.34. The van der Waals surface area contributed by atoms with E-state index < -0.39 is 12.1 Å². The van der Waals surface area contributed by atoms with Gasteiger partial charge in [-0.3, -0.25) is 0 Å². The molecule has 6 nitrogen and oxygen atoms in total. The number of carbonyl (C=O) groups excluding carboxylic acids is 1. The Bertz CT molecular complexity index is 1100. The summed E-state index contributed by atoms with van der Waals surface area (Å²) >= 11 is 6.13. The van der Waals surface area contributed by atoms with Crippen LogP contribution in [0.2, 0.25) is 5.02 Å². The molecular weight excluding hydrogens is 388 g/mol. The van der Waals surface area contributed by atoms with Crippen molar-refractivity contribution in [3.8, 4) is 11.5 Å². The largest absolute Gasteiger partial charge is 0.418 e. The van der Waals surface area contributed by atoms with Gasteiger partial charge in [0.05, 0.1) is 10.7 Å². The monoisotopic (exact) mass is 404 g/mol. The standard InChI is InChI=1S/C22H17ClN4O2/c23-17-13-7-8-14-18(17)24-22(28)25-19(15-9-3-1-4-10-15)21-27-26-20(29-21)16-11-5-2-6-12-16/h1-14,19H,(H2,24,25,28)/t19-/m0/s1. The van der Waals surface area contributed by atoms with Crippen LogP contribution >= 0.6 is 11.6 Å². The lowest BCUT2D eigenvalue weighted by Crippen LogP contribution is -2.33. The van der Waals surface area contributed by atoms with E-state index in [9.17, 15) is 4.79 Å². The highest BCUT2D eigenvalue weighted by atomic mass is 35.5. The first-order chi connectivity index (χ1) is 14.2. The smallest absolute Gasteiger partial charge is 0.320 e. The highest BCUT2D eigenvalue weighted by Crippen LogP contribution is 2.26. The van der Waals surface area contributed by atoms with E-state index in [0.29, 0.717) is 16.6 Å². The Morgan fingerprint density at radius 3 is 2.24 bits per heavy atom. The minimum atomic E-state index is -0.622.